The van der Waals surface area contributed by atoms with E-state index in [1.807, 2.05) is 6.07 Å². The number of guanidine groups is 1. The Labute approximate surface area is 149 Å². The Bertz CT molecular complexity index is 455. The first-order chi connectivity index (χ1) is 10.2. The first kappa shape index (κ1) is 21.1. The standard InChI is InChI=1S/C16H26FN3O.HI/c1-13-7-8-14(11-15(13)17)12-20-16(18-2)19-9-5-4-6-10-21-3;/h7-8,11H,4-6,9-10,12H2,1-3H3,(H2,18,19,20);1H. The maximum Gasteiger partial charge on any atom is 0.191 e. The molecule has 1 aromatic rings. The molecule has 0 aliphatic heterocycles. The SMILES string of the molecule is CN=C(NCCCCCOC)NCc1ccc(C)c(F)c1.I. The molecule has 0 amide bonds. The molecule has 1 rings (SSSR count). The minimum Gasteiger partial charge on any atom is -0.385 e. The van der Waals surface area contributed by atoms with Gasteiger partial charge in [0.05, 0.1) is 0 Å². The molecule has 0 saturated heterocycles. The fraction of sp³-hybridized carbons (Fsp3) is 0.562. The Morgan fingerprint density at radius 3 is 2.64 bits per heavy atom. The molecule has 0 atom stereocenters. The monoisotopic (exact) mass is 423 g/mol. The van der Waals surface area contributed by atoms with Crippen molar-refractivity contribution in [3.8, 4) is 0 Å². The number of aliphatic imine (C=N–C) groups is 1. The van der Waals surface area contributed by atoms with Gasteiger partial charge in [0.25, 0.3) is 0 Å². The Hall–Kier alpha value is -0.890. The van der Waals surface area contributed by atoms with Crippen LogP contribution in [0.5, 0.6) is 0 Å². The number of rotatable bonds is 8. The van der Waals surface area contributed by atoms with Crippen molar-refractivity contribution in [2.75, 3.05) is 27.3 Å². The van der Waals surface area contributed by atoms with Gasteiger partial charge in [-0.05, 0) is 43.4 Å². The minimum absolute atomic E-state index is 0. The summed E-state index contributed by atoms with van der Waals surface area (Å²) in [5.74, 6) is 0.568. The molecule has 1 aromatic carbocycles. The second-order valence-corrected chi connectivity index (χ2v) is 4.99. The molecule has 22 heavy (non-hydrogen) atoms. The topological polar surface area (TPSA) is 45.7 Å². The average Bonchev–Trinajstić information content (AvgIpc) is 2.49. The van der Waals surface area contributed by atoms with Crippen LogP contribution in [0.25, 0.3) is 0 Å². The number of benzene rings is 1. The molecule has 0 spiro atoms. The molecule has 0 unspecified atom stereocenters. The van der Waals surface area contributed by atoms with Gasteiger partial charge in [-0.3, -0.25) is 4.99 Å². The van der Waals surface area contributed by atoms with Gasteiger partial charge in [0.1, 0.15) is 5.82 Å². The first-order valence-corrected chi connectivity index (χ1v) is 7.36. The smallest absolute Gasteiger partial charge is 0.191 e. The first-order valence-electron chi connectivity index (χ1n) is 7.36. The van der Waals surface area contributed by atoms with Crippen LogP contribution in [-0.4, -0.2) is 33.3 Å². The number of ether oxygens (including phenoxy) is 1. The summed E-state index contributed by atoms with van der Waals surface area (Å²) in [7, 11) is 3.45. The molecule has 0 aliphatic rings. The largest absolute Gasteiger partial charge is 0.385 e. The zero-order valence-electron chi connectivity index (χ0n) is 13.6. The van der Waals surface area contributed by atoms with Gasteiger partial charge in [0.2, 0.25) is 0 Å². The van der Waals surface area contributed by atoms with Crippen LogP contribution in [0.4, 0.5) is 4.39 Å². The van der Waals surface area contributed by atoms with Crippen molar-refractivity contribution in [2.45, 2.75) is 32.7 Å². The van der Waals surface area contributed by atoms with Gasteiger partial charge in [-0.15, -0.1) is 24.0 Å². The second-order valence-electron chi connectivity index (χ2n) is 4.99. The average molecular weight is 423 g/mol. The van der Waals surface area contributed by atoms with Crippen LogP contribution in [0, 0.1) is 12.7 Å². The summed E-state index contributed by atoms with van der Waals surface area (Å²) in [6, 6.07) is 5.27. The molecule has 0 bridgehead atoms. The van der Waals surface area contributed by atoms with E-state index in [9.17, 15) is 4.39 Å². The number of unbranched alkanes of at least 4 members (excludes halogenated alkanes) is 2. The predicted octanol–water partition coefficient (Wildman–Crippen LogP) is 3.23. The number of nitrogens with one attached hydrogen (secondary N) is 2. The molecular formula is C16H27FIN3O. The molecule has 0 aromatic heterocycles. The van der Waals surface area contributed by atoms with E-state index in [1.165, 1.54) is 0 Å². The molecule has 4 nitrogen and oxygen atoms in total. The number of halogens is 2. The molecule has 0 saturated carbocycles. The van der Waals surface area contributed by atoms with E-state index in [0.717, 1.165) is 43.9 Å². The van der Waals surface area contributed by atoms with E-state index in [2.05, 4.69) is 15.6 Å². The van der Waals surface area contributed by atoms with E-state index >= 15 is 0 Å². The van der Waals surface area contributed by atoms with Crippen molar-refractivity contribution in [1.29, 1.82) is 0 Å². The summed E-state index contributed by atoms with van der Waals surface area (Å²) in [5.41, 5.74) is 1.57. The highest BCUT2D eigenvalue weighted by Crippen LogP contribution is 2.08. The Kier molecular flexibility index (Phi) is 12.1. The summed E-state index contributed by atoms with van der Waals surface area (Å²) < 4.78 is 18.5. The van der Waals surface area contributed by atoms with Crippen molar-refractivity contribution in [2.24, 2.45) is 4.99 Å². The van der Waals surface area contributed by atoms with Gasteiger partial charge in [-0.25, -0.2) is 4.39 Å². The summed E-state index contributed by atoms with van der Waals surface area (Å²) in [5, 5.41) is 6.43. The second kappa shape index (κ2) is 12.6. The van der Waals surface area contributed by atoms with Gasteiger partial charge in [-0.2, -0.15) is 0 Å². The lowest BCUT2D eigenvalue weighted by atomic mass is 10.1. The van der Waals surface area contributed by atoms with Gasteiger partial charge < -0.3 is 15.4 Å². The number of nitrogens with zero attached hydrogens (tertiary/aromatic N) is 1. The highest BCUT2D eigenvalue weighted by molar-refractivity contribution is 14.0. The number of methoxy groups -OCH3 is 1. The van der Waals surface area contributed by atoms with Crippen LogP contribution in [0.1, 0.15) is 30.4 Å². The number of hydrogen-bond acceptors (Lipinski definition) is 2. The summed E-state index contributed by atoms with van der Waals surface area (Å²) in [4.78, 5) is 4.15. The maximum absolute atomic E-state index is 13.5. The van der Waals surface area contributed by atoms with E-state index < -0.39 is 0 Å². The van der Waals surface area contributed by atoms with Crippen LogP contribution in [0.2, 0.25) is 0 Å². The minimum atomic E-state index is -0.171. The Morgan fingerprint density at radius 1 is 1.23 bits per heavy atom. The molecule has 126 valence electrons. The third-order valence-corrected chi connectivity index (χ3v) is 3.24. The van der Waals surface area contributed by atoms with Crippen molar-refractivity contribution in [1.82, 2.24) is 10.6 Å². The van der Waals surface area contributed by atoms with Crippen molar-refractivity contribution >= 4 is 29.9 Å². The lowest BCUT2D eigenvalue weighted by molar-refractivity contribution is 0.192. The number of aryl methyl sites for hydroxylation is 1. The van der Waals surface area contributed by atoms with Crippen molar-refractivity contribution < 1.29 is 9.13 Å². The molecule has 0 fully saturated rings. The Balaban J connectivity index is 0.00000441. The summed E-state index contributed by atoms with van der Waals surface area (Å²) in [6.07, 6.45) is 3.27. The molecule has 2 N–H and O–H groups in total. The van der Waals surface area contributed by atoms with Gasteiger partial charge in [-0.1, -0.05) is 12.1 Å². The molecule has 0 heterocycles. The summed E-state index contributed by atoms with van der Waals surface area (Å²) >= 11 is 0. The van der Waals surface area contributed by atoms with Crippen LogP contribution >= 0.6 is 24.0 Å². The van der Waals surface area contributed by atoms with Crippen LogP contribution < -0.4 is 10.6 Å². The molecule has 6 heteroatoms. The van der Waals surface area contributed by atoms with Crippen LogP contribution in [-0.2, 0) is 11.3 Å². The zero-order valence-corrected chi connectivity index (χ0v) is 15.9. The van der Waals surface area contributed by atoms with Crippen molar-refractivity contribution in [3.05, 3.63) is 35.1 Å². The van der Waals surface area contributed by atoms with E-state index in [0.29, 0.717) is 12.1 Å². The van der Waals surface area contributed by atoms with Crippen LogP contribution in [0.15, 0.2) is 23.2 Å². The van der Waals surface area contributed by atoms with E-state index in [4.69, 9.17) is 4.74 Å². The van der Waals surface area contributed by atoms with E-state index in [1.54, 1.807) is 33.2 Å². The Morgan fingerprint density at radius 2 is 2.00 bits per heavy atom. The quantitative estimate of drug-likeness (QED) is 0.292. The van der Waals surface area contributed by atoms with E-state index in [-0.39, 0.29) is 29.8 Å². The number of hydrogen-bond donors (Lipinski definition) is 2. The van der Waals surface area contributed by atoms with Gasteiger partial charge >= 0.3 is 0 Å². The zero-order chi connectivity index (χ0) is 15.5. The lowest BCUT2D eigenvalue weighted by Gasteiger charge is -2.12. The van der Waals surface area contributed by atoms with Crippen molar-refractivity contribution in [3.63, 3.8) is 0 Å². The fourth-order valence-electron chi connectivity index (χ4n) is 1.91. The summed E-state index contributed by atoms with van der Waals surface area (Å²) in [6.45, 7) is 3.99. The van der Waals surface area contributed by atoms with Gasteiger partial charge in [0, 0.05) is 33.9 Å². The third kappa shape index (κ3) is 8.53. The molecule has 0 radical (unpaired) electrons. The fourth-order valence-corrected chi connectivity index (χ4v) is 1.91. The molecule has 0 aliphatic carbocycles. The normalized spacial score (nSPS) is 11.0. The maximum atomic E-state index is 13.5. The highest BCUT2D eigenvalue weighted by atomic mass is 127. The lowest BCUT2D eigenvalue weighted by Crippen LogP contribution is -2.37. The predicted molar refractivity (Wildman–Crippen MR) is 100 cm³/mol. The van der Waals surface area contributed by atoms with Crippen LogP contribution in [0.3, 0.4) is 0 Å². The third-order valence-electron chi connectivity index (χ3n) is 3.24. The molecular weight excluding hydrogens is 396 g/mol. The van der Waals surface area contributed by atoms with Gasteiger partial charge in [0.15, 0.2) is 5.96 Å². The highest BCUT2D eigenvalue weighted by Gasteiger charge is 2.01.